The van der Waals surface area contributed by atoms with E-state index in [2.05, 4.69) is 0 Å². The van der Waals surface area contributed by atoms with Crippen molar-refractivity contribution < 1.29 is 14.4 Å². The van der Waals surface area contributed by atoms with Crippen LogP contribution in [0.3, 0.4) is 0 Å². The zero-order chi connectivity index (χ0) is 11.1. The second kappa shape index (κ2) is 5.69. The van der Waals surface area contributed by atoms with Gasteiger partial charge in [0.25, 0.3) is 11.8 Å². The quantitative estimate of drug-likeness (QED) is 0.655. The number of primary amides is 1. The number of hydrogen-bond donors (Lipinski definition) is 1. The largest absolute Gasteiger partial charge is 0.351 e. The van der Waals surface area contributed by atoms with Crippen molar-refractivity contribution in [3.63, 3.8) is 0 Å². The molecule has 5 nitrogen and oxygen atoms in total. The minimum absolute atomic E-state index is 0.361. The summed E-state index contributed by atoms with van der Waals surface area (Å²) in [6.45, 7) is 3.19. The Hall–Kier alpha value is -1.91. The van der Waals surface area contributed by atoms with E-state index in [0.717, 1.165) is 12.2 Å². The SMILES string of the molecule is CC=CC(=O)N(C(N)=O)C(=O)C=CC. The average Bonchev–Trinajstić information content (AvgIpc) is 2.04. The topological polar surface area (TPSA) is 80.5 Å². The highest BCUT2D eigenvalue weighted by atomic mass is 16.2. The second-order valence-electron chi connectivity index (χ2n) is 2.35. The highest BCUT2D eigenvalue weighted by Gasteiger charge is 2.21. The molecule has 5 heteroatoms. The van der Waals surface area contributed by atoms with Gasteiger partial charge in [-0.25, -0.2) is 4.79 Å². The Morgan fingerprint density at radius 2 is 1.36 bits per heavy atom. The van der Waals surface area contributed by atoms with Crippen LogP contribution < -0.4 is 5.73 Å². The molecular weight excluding hydrogens is 184 g/mol. The van der Waals surface area contributed by atoms with Gasteiger partial charge in [-0.15, -0.1) is 0 Å². The van der Waals surface area contributed by atoms with Crippen molar-refractivity contribution in [2.24, 2.45) is 5.73 Å². The molecule has 0 aliphatic rings. The van der Waals surface area contributed by atoms with Crippen LogP contribution in [0.15, 0.2) is 24.3 Å². The van der Waals surface area contributed by atoms with Gasteiger partial charge in [-0.1, -0.05) is 12.2 Å². The maximum atomic E-state index is 11.2. The number of carbonyl (C=O) groups is 3. The third-order valence-corrected chi connectivity index (χ3v) is 1.28. The summed E-state index contributed by atoms with van der Waals surface area (Å²) >= 11 is 0. The molecule has 0 radical (unpaired) electrons. The van der Waals surface area contributed by atoms with E-state index < -0.39 is 17.8 Å². The standard InChI is InChI=1S/C9H12N2O3/c1-3-5-7(12)11(9(10)14)8(13)6-4-2/h3-6H,1-2H3,(H2,10,14). The molecule has 0 saturated heterocycles. The summed E-state index contributed by atoms with van der Waals surface area (Å²) in [7, 11) is 0. The summed E-state index contributed by atoms with van der Waals surface area (Å²) in [6.07, 6.45) is 5.01. The first-order valence-corrected chi connectivity index (χ1v) is 3.97. The Labute approximate surface area is 81.9 Å². The molecular formula is C9H12N2O3. The van der Waals surface area contributed by atoms with Gasteiger partial charge < -0.3 is 5.73 Å². The Kier molecular flexibility index (Phi) is 4.91. The first-order chi connectivity index (χ1) is 6.54. The Balaban J connectivity index is 4.86. The third kappa shape index (κ3) is 3.22. The Morgan fingerprint density at radius 1 is 1.00 bits per heavy atom. The van der Waals surface area contributed by atoms with Crippen LogP contribution in [0.1, 0.15) is 13.8 Å². The first-order valence-electron chi connectivity index (χ1n) is 3.97. The molecule has 0 atom stereocenters. The van der Waals surface area contributed by atoms with Crippen molar-refractivity contribution in [2.75, 3.05) is 0 Å². The van der Waals surface area contributed by atoms with Crippen molar-refractivity contribution in [3.05, 3.63) is 24.3 Å². The van der Waals surface area contributed by atoms with E-state index in [1.807, 2.05) is 0 Å². The second-order valence-corrected chi connectivity index (χ2v) is 2.35. The zero-order valence-electron chi connectivity index (χ0n) is 8.06. The van der Waals surface area contributed by atoms with Gasteiger partial charge in [0.1, 0.15) is 0 Å². The van der Waals surface area contributed by atoms with E-state index in [1.54, 1.807) is 13.8 Å². The molecule has 0 saturated carbocycles. The molecule has 0 bridgehead atoms. The van der Waals surface area contributed by atoms with Crippen LogP contribution in [0.25, 0.3) is 0 Å². The molecule has 0 rings (SSSR count). The van der Waals surface area contributed by atoms with E-state index in [-0.39, 0.29) is 0 Å². The van der Waals surface area contributed by atoms with E-state index in [4.69, 9.17) is 5.73 Å². The number of nitrogens with zero attached hydrogens (tertiary/aromatic N) is 1. The van der Waals surface area contributed by atoms with Gasteiger partial charge >= 0.3 is 6.03 Å². The Morgan fingerprint density at radius 3 is 1.57 bits per heavy atom. The lowest BCUT2D eigenvalue weighted by molar-refractivity contribution is -0.134. The summed E-state index contributed by atoms with van der Waals surface area (Å²) in [5, 5.41) is 0. The van der Waals surface area contributed by atoms with Crippen LogP contribution >= 0.6 is 0 Å². The maximum absolute atomic E-state index is 11.2. The van der Waals surface area contributed by atoms with E-state index >= 15 is 0 Å². The molecule has 14 heavy (non-hydrogen) atoms. The highest BCUT2D eigenvalue weighted by molar-refractivity contribution is 6.16. The smallest absolute Gasteiger partial charge is 0.328 e. The number of hydrogen-bond acceptors (Lipinski definition) is 3. The molecule has 0 aromatic heterocycles. The molecule has 2 N–H and O–H groups in total. The van der Waals surface area contributed by atoms with Crippen molar-refractivity contribution >= 4 is 17.8 Å². The molecule has 0 aromatic rings. The van der Waals surface area contributed by atoms with Crippen LogP contribution in [-0.2, 0) is 9.59 Å². The number of nitrogens with two attached hydrogens (primary N) is 1. The highest BCUT2D eigenvalue weighted by Crippen LogP contribution is 1.94. The van der Waals surface area contributed by atoms with Gasteiger partial charge in [-0.05, 0) is 26.0 Å². The fourth-order valence-corrected chi connectivity index (χ4v) is 0.760. The van der Waals surface area contributed by atoms with Crippen LogP contribution in [0.4, 0.5) is 4.79 Å². The lowest BCUT2D eigenvalue weighted by Gasteiger charge is -2.11. The van der Waals surface area contributed by atoms with Crippen molar-refractivity contribution in [1.29, 1.82) is 0 Å². The number of rotatable bonds is 2. The summed E-state index contributed by atoms with van der Waals surface area (Å²) in [5.74, 6) is -1.49. The molecule has 0 spiro atoms. The van der Waals surface area contributed by atoms with Gasteiger partial charge in [0, 0.05) is 0 Å². The van der Waals surface area contributed by atoms with Crippen LogP contribution in [0.5, 0.6) is 0 Å². The molecule has 4 amide bonds. The van der Waals surface area contributed by atoms with Crippen LogP contribution in [0, 0.1) is 0 Å². The lowest BCUT2D eigenvalue weighted by Crippen LogP contribution is -2.43. The molecule has 0 unspecified atom stereocenters. The van der Waals surface area contributed by atoms with Crippen LogP contribution in [0.2, 0.25) is 0 Å². The van der Waals surface area contributed by atoms with E-state index in [1.165, 1.54) is 12.2 Å². The molecule has 0 fully saturated rings. The number of carbonyl (C=O) groups excluding carboxylic acids is 3. The van der Waals surface area contributed by atoms with Crippen LogP contribution in [-0.4, -0.2) is 22.7 Å². The number of allylic oxidation sites excluding steroid dienone is 2. The van der Waals surface area contributed by atoms with Gasteiger partial charge in [0.15, 0.2) is 0 Å². The van der Waals surface area contributed by atoms with Gasteiger partial charge in [-0.3, -0.25) is 9.59 Å². The summed E-state index contributed by atoms with van der Waals surface area (Å²) in [5.41, 5.74) is 4.88. The van der Waals surface area contributed by atoms with Gasteiger partial charge in [0.05, 0.1) is 0 Å². The fourth-order valence-electron chi connectivity index (χ4n) is 0.760. The van der Waals surface area contributed by atoms with Gasteiger partial charge in [-0.2, -0.15) is 4.90 Å². The molecule has 0 aliphatic carbocycles. The molecule has 0 aliphatic heterocycles. The number of imide groups is 3. The van der Waals surface area contributed by atoms with E-state index in [9.17, 15) is 14.4 Å². The Bertz CT molecular complexity index is 281. The molecule has 0 aromatic carbocycles. The zero-order valence-corrected chi connectivity index (χ0v) is 8.06. The predicted molar refractivity (Wildman–Crippen MR) is 51.1 cm³/mol. The fraction of sp³-hybridized carbons (Fsp3) is 0.222. The summed E-state index contributed by atoms with van der Waals surface area (Å²) in [6, 6.07) is -1.09. The molecule has 0 heterocycles. The molecule has 76 valence electrons. The normalized spacial score (nSPS) is 10.7. The summed E-state index contributed by atoms with van der Waals surface area (Å²) < 4.78 is 0. The average molecular weight is 196 g/mol. The maximum Gasteiger partial charge on any atom is 0.328 e. The van der Waals surface area contributed by atoms with Gasteiger partial charge in [0.2, 0.25) is 0 Å². The van der Waals surface area contributed by atoms with E-state index in [0.29, 0.717) is 4.90 Å². The lowest BCUT2D eigenvalue weighted by atomic mass is 10.4. The van der Waals surface area contributed by atoms with Crippen molar-refractivity contribution in [1.82, 2.24) is 4.90 Å². The monoisotopic (exact) mass is 196 g/mol. The predicted octanol–water partition coefficient (Wildman–Crippen LogP) is 0.573. The third-order valence-electron chi connectivity index (χ3n) is 1.28. The van der Waals surface area contributed by atoms with Crippen molar-refractivity contribution in [2.45, 2.75) is 13.8 Å². The number of amides is 4. The minimum atomic E-state index is -1.09. The first kappa shape index (κ1) is 12.1. The van der Waals surface area contributed by atoms with Crippen molar-refractivity contribution in [3.8, 4) is 0 Å². The summed E-state index contributed by atoms with van der Waals surface area (Å²) in [4.78, 5) is 33.5. The minimum Gasteiger partial charge on any atom is -0.351 e. The number of urea groups is 1.